The lowest BCUT2D eigenvalue weighted by molar-refractivity contribution is 0.419. The molecule has 136 valence electrons. The minimum absolute atomic E-state index is 0. The van der Waals surface area contributed by atoms with Gasteiger partial charge in [0.1, 0.15) is 0 Å². The average Bonchev–Trinajstić information content (AvgIpc) is 2.52. The Labute approximate surface area is 162 Å². The highest BCUT2D eigenvalue weighted by atomic mass is 35.5. The monoisotopic (exact) mass is 398 g/mol. The fourth-order valence-electron chi connectivity index (χ4n) is 3.30. The maximum Gasteiger partial charge on any atom is 0.0887 e. The topological polar surface area (TPSA) is 0 Å². The van der Waals surface area contributed by atoms with Crippen molar-refractivity contribution in [1.82, 2.24) is 0 Å². The lowest BCUT2D eigenvalue weighted by Gasteiger charge is -2.46. The number of hydrogen-bond acceptors (Lipinski definition) is 0. The quantitative estimate of drug-likeness (QED) is 0.261. The van der Waals surface area contributed by atoms with E-state index in [9.17, 15) is 0 Å². The molecule has 0 N–H and O–H groups in total. The number of allylic oxidation sites excluding steroid dienone is 4. The van der Waals surface area contributed by atoms with Gasteiger partial charge in [-0.15, -0.1) is 34.8 Å². The molecule has 0 radical (unpaired) electrons. The van der Waals surface area contributed by atoms with E-state index in [1.807, 2.05) is 0 Å². The zero-order valence-corrected chi connectivity index (χ0v) is 18.7. The zero-order chi connectivity index (χ0) is 16.6. The van der Waals surface area contributed by atoms with E-state index in [-0.39, 0.29) is 9.90 Å². The zero-order valence-electron chi connectivity index (χ0n) is 15.1. The second-order valence-corrected chi connectivity index (χ2v) is 8.03. The SMILES string of the molecule is CCCCC1=C(CCl)C=CC(Cl)(CCCC)C1(Cl)CCCC.P. The highest BCUT2D eigenvalue weighted by molar-refractivity contribution is 6.92. The molecule has 0 amide bonds. The highest BCUT2D eigenvalue weighted by Crippen LogP contribution is 2.53. The minimum atomic E-state index is -0.478. The van der Waals surface area contributed by atoms with Crippen molar-refractivity contribution in [3.63, 3.8) is 0 Å². The normalized spacial score (nSPS) is 27.2. The predicted octanol–water partition coefficient (Wildman–Crippen LogP) is 7.68. The summed E-state index contributed by atoms with van der Waals surface area (Å²) in [5.74, 6) is 0.525. The van der Waals surface area contributed by atoms with Crippen LogP contribution in [0.3, 0.4) is 0 Å². The van der Waals surface area contributed by atoms with Gasteiger partial charge in [-0.3, -0.25) is 0 Å². The Kier molecular flexibility index (Phi) is 11.8. The summed E-state index contributed by atoms with van der Waals surface area (Å²) in [6.07, 6.45) is 13.9. The van der Waals surface area contributed by atoms with Gasteiger partial charge in [-0.2, -0.15) is 9.90 Å². The molecule has 1 rings (SSSR count). The molecule has 0 bridgehead atoms. The molecular formula is C19H34Cl3P. The summed E-state index contributed by atoms with van der Waals surface area (Å²) in [7, 11) is 0. The largest absolute Gasteiger partial charge is 0.153 e. The average molecular weight is 400 g/mol. The summed E-state index contributed by atoms with van der Waals surface area (Å²) >= 11 is 20.6. The van der Waals surface area contributed by atoms with Crippen molar-refractivity contribution in [2.75, 3.05) is 5.88 Å². The van der Waals surface area contributed by atoms with Gasteiger partial charge in [0.2, 0.25) is 0 Å². The van der Waals surface area contributed by atoms with Gasteiger partial charge in [0.05, 0.1) is 9.75 Å². The Bertz CT molecular complexity index is 405. The van der Waals surface area contributed by atoms with Crippen LogP contribution in [0.2, 0.25) is 0 Å². The van der Waals surface area contributed by atoms with Crippen LogP contribution in [0.4, 0.5) is 0 Å². The number of hydrogen-bond donors (Lipinski definition) is 0. The van der Waals surface area contributed by atoms with Crippen LogP contribution < -0.4 is 0 Å². The van der Waals surface area contributed by atoms with Crippen LogP contribution in [0.25, 0.3) is 0 Å². The molecule has 0 aromatic carbocycles. The van der Waals surface area contributed by atoms with Crippen LogP contribution in [0.15, 0.2) is 23.3 Å². The summed E-state index contributed by atoms with van der Waals surface area (Å²) in [5.41, 5.74) is 2.49. The van der Waals surface area contributed by atoms with E-state index in [4.69, 9.17) is 34.8 Å². The second-order valence-electron chi connectivity index (χ2n) is 6.45. The van der Waals surface area contributed by atoms with Crippen LogP contribution in [-0.2, 0) is 0 Å². The Balaban J connectivity index is 0.00000484. The van der Waals surface area contributed by atoms with E-state index >= 15 is 0 Å². The summed E-state index contributed by atoms with van der Waals surface area (Å²) < 4.78 is 0. The van der Waals surface area contributed by atoms with Crippen molar-refractivity contribution >= 4 is 44.7 Å². The second kappa shape index (κ2) is 11.4. The molecule has 0 aromatic rings. The van der Waals surface area contributed by atoms with Crippen LogP contribution in [0.5, 0.6) is 0 Å². The lowest BCUT2D eigenvalue weighted by Crippen LogP contribution is -2.48. The Hall–Kier alpha value is 0.780. The van der Waals surface area contributed by atoms with E-state index in [1.54, 1.807) is 0 Å². The molecule has 0 heterocycles. The molecule has 0 saturated carbocycles. The van der Waals surface area contributed by atoms with Crippen LogP contribution in [0.1, 0.15) is 78.6 Å². The first-order valence-electron chi connectivity index (χ1n) is 8.84. The highest BCUT2D eigenvalue weighted by Gasteiger charge is 2.50. The molecule has 0 aliphatic heterocycles. The molecule has 23 heavy (non-hydrogen) atoms. The molecule has 3 unspecified atom stereocenters. The van der Waals surface area contributed by atoms with Crippen LogP contribution in [0, 0.1) is 0 Å². The van der Waals surface area contributed by atoms with Crippen molar-refractivity contribution in [2.45, 2.75) is 88.3 Å². The molecule has 3 atom stereocenters. The van der Waals surface area contributed by atoms with Gasteiger partial charge in [-0.1, -0.05) is 65.0 Å². The molecule has 0 saturated heterocycles. The third-order valence-corrected chi connectivity index (χ3v) is 6.54. The fourth-order valence-corrected chi connectivity index (χ4v) is 4.47. The van der Waals surface area contributed by atoms with Gasteiger partial charge in [0, 0.05) is 5.88 Å². The maximum absolute atomic E-state index is 7.27. The summed E-state index contributed by atoms with van der Waals surface area (Å²) in [6.45, 7) is 6.62. The number of alkyl halides is 3. The molecule has 4 heteroatoms. The third kappa shape index (κ3) is 5.64. The number of rotatable bonds is 10. The van der Waals surface area contributed by atoms with Crippen molar-refractivity contribution in [3.05, 3.63) is 23.3 Å². The van der Waals surface area contributed by atoms with E-state index < -0.39 is 9.75 Å². The molecule has 0 aromatic heterocycles. The Morgan fingerprint density at radius 1 is 0.913 bits per heavy atom. The first-order valence-corrected chi connectivity index (χ1v) is 10.1. The summed E-state index contributed by atoms with van der Waals surface area (Å²) in [6, 6.07) is 0. The summed E-state index contributed by atoms with van der Waals surface area (Å²) in [5, 5.41) is 0. The van der Waals surface area contributed by atoms with Gasteiger partial charge in [0.15, 0.2) is 0 Å². The molecule has 1 aliphatic carbocycles. The van der Waals surface area contributed by atoms with E-state index in [2.05, 4.69) is 32.9 Å². The molecule has 0 nitrogen and oxygen atoms in total. The molecule has 0 spiro atoms. The first-order chi connectivity index (χ1) is 10.5. The van der Waals surface area contributed by atoms with Crippen molar-refractivity contribution in [3.8, 4) is 0 Å². The van der Waals surface area contributed by atoms with E-state index in [0.717, 1.165) is 57.8 Å². The van der Waals surface area contributed by atoms with Crippen molar-refractivity contribution in [2.24, 2.45) is 0 Å². The van der Waals surface area contributed by atoms with Gasteiger partial charge < -0.3 is 0 Å². The maximum atomic E-state index is 7.27. The van der Waals surface area contributed by atoms with E-state index in [1.165, 1.54) is 11.1 Å². The van der Waals surface area contributed by atoms with Crippen LogP contribution >= 0.6 is 44.7 Å². The van der Waals surface area contributed by atoms with Crippen LogP contribution in [-0.4, -0.2) is 15.6 Å². The van der Waals surface area contributed by atoms with E-state index in [0.29, 0.717) is 5.88 Å². The number of halogens is 3. The number of unbranched alkanes of at least 4 members (excludes halogenated alkanes) is 3. The third-order valence-electron chi connectivity index (χ3n) is 4.77. The lowest BCUT2D eigenvalue weighted by atomic mass is 9.71. The van der Waals surface area contributed by atoms with Crippen molar-refractivity contribution in [1.29, 1.82) is 0 Å². The predicted molar refractivity (Wildman–Crippen MR) is 114 cm³/mol. The first kappa shape index (κ1) is 23.8. The molecule has 1 aliphatic rings. The minimum Gasteiger partial charge on any atom is -0.153 e. The van der Waals surface area contributed by atoms with Gasteiger partial charge in [-0.25, -0.2) is 0 Å². The smallest absolute Gasteiger partial charge is 0.0887 e. The molecule has 0 fully saturated rings. The summed E-state index contributed by atoms with van der Waals surface area (Å²) in [4.78, 5) is -0.952. The van der Waals surface area contributed by atoms with Gasteiger partial charge in [-0.05, 0) is 36.8 Å². The fraction of sp³-hybridized carbons (Fsp3) is 0.789. The Morgan fingerprint density at radius 2 is 1.48 bits per heavy atom. The molecular weight excluding hydrogens is 366 g/mol. The van der Waals surface area contributed by atoms with Gasteiger partial charge in [0.25, 0.3) is 0 Å². The standard InChI is InChI=1S/C19H31Cl3.H3P/c1-4-7-10-17-16(15-20)11-14-18(21,12-8-5-2)19(17,22)13-9-6-3;/h11,14H,4-10,12-13,15H2,1-3H3;1H3. The Morgan fingerprint density at radius 3 is 2.00 bits per heavy atom. The van der Waals surface area contributed by atoms with Gasteiger partial charge >= 0.3 is 0 Å². The van der Waals surface area contributed by atoms with Crippen molar-refractivity contribution < 1.29 is 0 Å².